The van der Waals surface area contributed by atoms with Crippen molar-refractivity contribution in [2.45, 2.75) is 19.9 Å². The van der Waals surface area contributed by atoms with Gasteiger partial charge in [-0.05, 0) is 55.3 Å². The molecule has 162 valence electrons. The zero-order chi connectivity index (χ0) is 23.0. The molecule has 0 spiro atoms. The average molecular weight is 431 g/mol. The number of carbonyl (C=O) groups is 2. The minimum absolute atomic E-state index is 0.125. The van der Waals surface area contributed by atoms with Crippen LogP contribution in [0.15, 0.2) is 72.3 Å². The number of carbonyl (C=O) groups excluding carboxylic acids is 2. The van der Waals surface area contributed by atoms with Gasteiger partial charge in [0.2, 0.25) is 0 Å². The van der Waals surface area contributed by atoms with Crippen molar-refractivity contribution in [3.8, 4) is 5.75 Å². The number of halogens is 1. The van der Waals surface area contributed by atoms with E-state index >= 15 is 0 Å². The minimum Gasteiger partial charge on any atom is -0.507 e. The van der Waals surface area contributed by atoms with E-state index in [0.717, 1.165) is 5.56 Å². The second-order valence-electron chi connectivity index (χ2n) is 7.66. The van der Waals surface area contributed by atoms with Crippen molar-refractivity contribution >= 4 is 23.1 Å². The van der Waals surface area contributed by atoms with Crippen LogP contribution in [-0.2, 0) is 9.59 Å². The first-order valence-corrected chi connectivity index (χ1v) is 10.1. The maximum atomic E-state index is 14.9. The molecule has 0 saturated carbocycles. The summed E-state index contributed by atoms with van der Waals surface area (Å²) in [5, 5.41) is 11.3. The predicted molar refractivity (Wildman–Crippen MR) is 120 cm³/mol. The molecule has 32 heavy (non-hydrogen) atoms. The molecule has 1 aliphatic rings. The van der Waals surface area contributed by atoms with Gasteiger partial charge in [-0.3, -0.25) is 14.5 Å². The van der Waals surface area contributed by atoms with Gasteiger partial charge in [0.25, 0.3) is 11.7 Å². The van der Waals surface area contributed by atoms with Crippen LogP contribution in [0.5, 0.6) is 5.75 Å². The normalized spacial score (nSPS) is 17.6. The summed E-state index contributed by atoms with van der Waals surface area (Å²) in [6.45, 7) is 3.58. The van der Waals surface area contributed by atoms with E-state index in [2.05, 4.69) is 0 Å². The number of nitrogens with zero attached hydrogens (tertiary/aromatic N) is 1. The van der Waals surface area contributed by atoms with Crippen LogP contribution < -0.4 is 9.64 Å². The van der Waals surface area contributed by atoms with E-state index in [1.807, 2.05) is 6.92 Å². The number of hydrogen-bond acceptors (Lipinski definition) is 4. The van der Waals surface area contributed by atoms with Gasteiger partial charge in [0.1, 0.15) is 17.3 Å². The van der Waals surface area contributed by atoms with E-state index in [1.165, 1.54) is 23.1 Å². The smallest absolute Gasteiger partial charge is 0.300 e. The number of ketones is 1. The van der Waals surface area contributed by atoms with E-state index in [-0.39, 0.29) is 16.9 Å². The van der Waals surface area contributed by atoms with E-state index in [4.69, 9.17) is 4.74 Å². The highest BCUT2D eigenvalue weighted by atomic mass is 19.1. The summed E-state index contributed by atoms with van der Waals surface area (Å²) in [4.78, 5) is 27.5. The van der Waals surface area contributed by atoms with Gasteiger partial charge in [-0.25, -0.2) is 4.39 Å². The van der Waals surface area contributed by atoms with Crippen molar-refractivity contribution in [3.63, 3.8) is 0 Å². The van der Waals surface area contributed by atoms with Crippen molar-refractivity contribution in [2.75, 3.05) is 12.0 Å². The Kier molecular flexibility index (Phi) is 5.53. The first-order chi connectivity index (χ1) is 15.3. The Hall–Kier alpha value is -3.93. The van der Waals surface area contributed by atoms with Gasteiger partial charge >= 0.3 is 0 Å². The Morgan fingerprint density at radius 2 is 1.62 bits per heavy atom. The number of rotatable bonds is 4. The van der Waals surface area contributed by atoms with Crippen molar-refractivity contribution < 1.29 is 23.8 Å². The van der Waals surface area contributed by atoms with Gasteiger partial charge in [-0.1, -0.05) is 36.4 Å². The molecule has 1 unspecified atom stereocenters. The summed E-state index contributed by atoms with van der Waals surface area (Å²) < 4.78 is 20.2. The topological polar surface area (TPSA) is 66.8 Å². The van der Waals surface area contributed by atoms with Crippen LogP contribution in [-0.4, -0.2) is 23.9 Å². The zero-order valence-corrected chi connectivity index (χ0v) is 17.9. The number of aryl methyl sites for hydroxylation is 2. The third kappa shape index (κ3) is 3.43. The summed E-state index contributed by atoms with van der Waals surface area (Å²) >= 11 is 0. The molecule has 4 rings (SSSR count). The van der Waals surface area contributed by atoms with Crippen molar-refractivity contribution in [1.29, 1.82) is 0 Å². The van der Waals surface area contributed by atoms with Crippen molar-refractivity contribution in [2.24, 2.45) is 0 Å². The SMILES string of the molecule is COc1cc(C)c(/C(O)=C2\C(=O)C(=O)N(c3ccccc3)C2c2ccccc2F)cc1C. The number of aliphatic hydroxyl groups is 1. The van der Waals surface area contributed by atoms with E-state index in [9.17, 15) is 19.1 Å². The number of Topliss-reactive ketones (excluding diaryl/α,β-unsaturated/α-hetero) is 1. The second-order valence-corrected chi connectivity index (χ2v) is 7.66. The fourth-order valence-corrected chi connectivity index (χ4v) is 4.09. The Labute approximate surface area is 185 Å². The van der Waals surface area contributed by atoms with Crippen LogP contribution in [0, 0.1) is 19.7 Å². The summed E-state index contributed by atoms with van der Waals surface area (Å²) in [6, 6.07) is 16.8. The van der Waals surface area contributed by atoms with E-state index in [1.54, 1.807) is 62.6 Å². The Balaban J connectivity index is 2.00. The molecule has 6 heteroatoms. The molecule has 1 N–H and O–H groups in total. The summed E-state index contributed by atoms with van der Waals surface area (Å²) in [6.07, 6.45) is 0. The van der Waals surface area contributed by atoms with Crippen LogP contribution >= 0.6 is 0 Å². The Morgan fingerprint density at radius 3 is 2.28 bits per heavy atom. The van der Waals surface area contributed by atoms with Gasteiger partial charge in [-0.15, -0.1) is 0 Å². The predicted octanol–water partition coefficient (Wildman–Crippen LogP) is 5.08. The molecular weight excluding hydrogens is 409 g/mol. The molecule has 0 radical (unpaired) electrons. The fourth-order valence-electron chi connectivity index (χ4n) is 4.09. The number of amides is 1. The van der Waals surface area contributed by atoms with Crippen LogP contribution in [0.25, 0.3) is 5.76 Å². The molecule has 3 aromatic rings. The highest BCUT2D eigenvalue weighted by Crippen LogP contribution is 2.43. The highest BCUT2D eigenvalue weighted by molar-refractivity contribution is 6.51. The molecule has 1 amide bonds. The maximum Gasteiger partial charge on any atom is 0.300 e. The first kappa shape index (κ1) is 21.3. The minimum atomic E-state index is -1.11. The van der Waals surface area contributed by atoms with Crippen LogP contribution in [0.2, 0.25) is 0 Å². The van der Waals surface area contributed by atoms with Crippen LogP contribution in [0.3, 0.4) is 0 Å². The second kappa shape index (κ2) is 8.30. The van der Waals surface area contributed by atoms with Crippen LogP contribution in [0.1, 0.15) is 28.3 Å². The number of ether oxygens (including phenoxy) is 1. The molecule has 1 heterocycles. The molecular formula is C26H22FNO4. The molecule has 1 saturated heterocycles. The van der Waals surface area contributed by atoms with E-state index < -0.39 is 23.5 Å². The lowest BCUT2D eigenvalue weighted by Crippen LogP contribution is -2.29. The number of anilines is 1. The van der Waals surface area contributed by atoms with E-state index in [0.29, 0.717) is 22.6 Å². The van der Waals surface area contributed by atoms with Gasteiger partial charge in [-0.2, -0.15) is 0 Å². The summed E-state index contributed by atoms with van der Waals surface area (Å²) in [5.41, 5.74) is 2.19. The lowest BCUT2D eigenvalue weighted by atomic mass is 9.92. The molecule has 1 aliphatic heterocycles. The maximum absolute atomic E-state index is 14.9. The quantitative estimate of drug-likeness (QED) is 0.356. The largest absolute Gasteiger partial charge is 0.507 e. The zero-order valence-electron chi connectivity index (χ0n) is 17.9. The molecule has 5 nitrogen and oxygen atoms in total. The number of aliphatic hydroxyl groups excluding tert-OH is 1. The summed E-state index contributed by atoms with van der Waals surface area (Å²) in [5.74, 6) is -1.98. The van der Waals surface area contributed by atoms with Gasteiger partial charge in [0, 0.05) is 16.8 Å². The van der Waals surface area contributed by atoms with Crippen LogP contribution in [0.4, 0.5) is 10.1 Å². The molecule has 1 atom stereocenters. The lowest BCUT2D eigenvalue weighted by Gasteiger charge is -2.26. The Morgan fingerprint density at radius 1 is 0.969 bits per heavy atom. The van der Waals surface area contributed by atoms with Gasteiger partial charge < -0.3 is 9.84 Å². The monoisotopic (exact) mass is 431 g/mol. The molecule has 3 aromatic carbocycles. The summed E-state index contributed by atoms with van der Waals surface area (Å²) in [7, 11) is 1.55. The molecule has 0 aliphatic carbocycles. The molecule has 0 aromatic heterocycles. The van der Waals surface area contributed by atoms with Gasteiger partial charge in [0.05, 0.1) is 18.7 Å². The van der Waals surface area contributed by atoms with Crippen molar-refractivity contribution in [1.82, 2.24) is 0 Å². The van der Waals surface area contributed by atoms with Gasteiger partial charge in [0.15, 0.2) is 0 Å². The number of benzene rings is 3. The molecule has 0 bridgehead atoms. The third-order valence-corrected chi connectivity index (χ3v) is 5.68. The third-order valence-electron chi connectivity index (χ3n) is 5.68. The molecule has 1 fully saturated rings. The highest BCUT2D eigenvalue weighted by Gasteiger charge is 2.47. The number of para-hydroxylation sites is 1. The Bertz CT molecular complexity index is 1250. The fraction of sp³-hybridized carbons (Fsp3) is 0.154. The first-order valence-electron chi connectivity index (χ1n) is 10.1. The number of methoxy groups -OCH3 is 1. The average Bonchev–Trinajstić information content (AvgIpc) is 3.06. The lowest BCUT2D eigenvalue weighted by molar-refractivity contribution is -0.132. The van der Waals surface area contributed by atoms with Crippen molar-refractivity contribution in [3.05, 3.63) is 100 Å². The standard InChI is InChI=1S/C26H22FNO4/c1-15-14-21(32-3)16(2)13-19(15)24(29)22-23(18-11-7-8-12-20(18)27)28(26(31)25(22)30)17-9-5-4-6-10-17/h4-14,23,29H,1-3H3/b24-22+. The number of hydrogen-bond donors (Lipinski definition) is 1.